The first-order valence-electron chi connectivity index (χ1n) is 8.83. The van der Waals surface area contributed by atoms with Gasteiger partial charge in [0.05, 0.1) is 23.2 Å². The first-order valence-corrected chi connectivity index (χ1v) is 9.21. The summed E-state index contributed by atoms with van der Waals surface area (Å²) in [5.41, 5.74) is -0.939. The third-order valence-corrected chi connectivity index (χ3v) is 5.01. The number of hydrogen-bond acceptors (Lipinski definition) is 4. The molecule has 1 aromatic carbocycles. The number of nitrogens with one attached hydrogen (secondary N) is 1. The number of halogens is 4. The fourth-order valence-corrected chi connectivity index (χ4v) is 3.29. The molecule has 2 amide bonds. The summed E-state index contributed by atoms with van der Waals surface area (Å²) >= 11 is 5.58. The summed E-state index contributed by atoms with van der Waals surface area (Å²) in [5.74, 6) is -0.379. The van der Waals surface area contributed by atoms with Crippen LogP contribution in [0.4, 0.5) is 18.9 Å². The maximum atomic E-state index is 12.9. The molecule has 0 aliphatic carbocycles. The van der Waals surface area contributed by atoms with E-state index >= 15 is 0 Å². The van der Waals surface area contributed by atoms with Gasteiger partial charge >= 0.3 is 6.18 Å². The molecule has 0 aromatic heterocycles. The SMILES string of the molecule is CC(C(=O)N(C)C)N1CCN(CC(=O)Nc2ccc(Cl)c(C(F)(F)F)c2)CC1. The summed E-state index contributed by atoms with van der Waals surface area (Å²) in [6.45, 7) is 4.36. The molecular weight excluding hydrogens is 397 g/mol. The van der Waals surface area contributed by atoms with E-state index in [-0.39, 0.29) is 24.2 Å². The Morgan fingerprint density at radius 3 is 2.36 bits per heavy atom. The van der Waals surface area contributed by atoms with E-state index in [0.717, 1.165) is 12.1 Å². The fraction of sp³-hybridized carbons (Fsp3) is 0.556. The summed E-state index contributed by atoms with van der Waals surface area (Å²) in [6, 6.07) is 3.04. The minimum atomic E-state index is -4.59. The second-order valence-electron chi connectivity index (χ2n) is 6.96. The summed E-state index contributed by atoms with van der Waals surface area (Å²) in [6.07, 6.45) is -4.59. The minimum absolute atomic E-state index is 0.0226. The molecule has 1 aromatic rings. The van der Waals surface area contributed by atoms with E-state index in [1.807, 2.05) is 16.7 Å². The Morgan fingerprint density at radius 1 is 1.21 bits per heavy atom. The largest absolute Gasteiger partial charge is 0.417 e. The van der Waals surface area contributed by atoms with Crippen molar-refractivity contribution < 1.29 is 22.8 Å². The van der Waals surface area contributed by atoms with Gasteiger partial charge in [-0.2, -0.15) is 13.2 Å². The average Bonchev–Trinajstić information content (AvgIpc) is 2.61. The quantitative estimate of drug-likeness (QED) is 0.794. The molecule has 1 saturated heterocycles. The zero-order valence-electron chi connectivity index (χ0n) is 16.0. The molecule has 1 aliphatic rings. The van der Waals surface area contributed by atoms with Crippen molar-refractivity contribution in [3.63, 3.8) is 0 Å². The smallest absolute Gasteiger partial charge is 0.347 e. The van der Waals surface area contributed by atoms with E-state index in [9.17, 15) is 22.8 Å². The van der Waals surface area contributed by atoms with Crippen LogP contribution in [0.1, 0.15) is 12.5 Å². The lowest BCUT2D eigenvalue weighted by molar-refractivity contribution is -0.137. The lowest BCUT2D eigenvalue weighted by atomic mass is 10.2. The van der Waals surface area contributed by atoms with Crippen LogP contribution < -0.4 is 5.32 Å². The van der Waals surface area contributed by atoms with Crippen molar-refractivity contribution in [2.24, 2.45) is 0 Å². The van der Waals surface area contributed by atoms with Crippen LogP contribution in [0.25, 0.3) is 0 Å². The number of carbonyl (C=O) groups is 2. The Bertz CT molecular complexity index is 719. The molecule has 2 rings (SSSR count). The van der Waals surface area contributed by atoms with Crippen molar-refractivity contribution in [3.8, 4) is 0 Å². The Kier molecular flexibility index (Phi) is 7.30. The molecule has 0 saturated carbocycles. The van der Waals surface area contributed by atoms with E-state index in [0.29, 0.717) is 26.2 Å². The summed E-state index contributed by atoms with van der Waals surface area (Å²) in [4.78, 5) is 29.7. The number of alkyl halides is 3. The predicted molar refractivity (Wildman–Crippen MR) is 101 cm³/mol. The van der Waals surface area contributed by atoms with Crippen LogP contribution in [0, 0.1) is 0 Å². The second-order valence-corrected chi connectivity index (χ2v) is 7.37. The van der Waals surface area contributed by atoms with Gasteiger partial charge in [0, 0.05) is 46.0 Å². The number of amides is 2. The molecule has 156 valence electrons. The van der Waals surface area contributed by atoms with E-state index in [1.54, 1.807) is 19.0 Å². The van der Waals surface area contributed by atoms with E-state index < -0.39 is 22.7 Å². The predicted octanol–water partition coefficient (Wildman–Crippen LogP) is 2.39. The first kappa shape index (κ1) is 22.4. The van der Waals surface area contributed by atoms with Crippen LogP contribution in [0.3, 0.4) is 0 Å². The zero-order valence-corrected chi connectivity index (χ0v) is 16.8. The van der Waals surface area contributed by atoms with Gasteiger partial charge in [-0.3, -0.25) is 19.4 Å². The minimum Gasteiger partial charge on any atom is -0.347 e. The summed E-state index contributed by atoms with van der Waals surface area (Å²) < 4.78 is 38.7. The molecule has 0 radical (unpaired) electrons. The molecule has 10 heteroatoms. The van der Waals surface area contributed by atoms with Crippen molar-refractivity contribution in [3.05, 3.63) is 28.8 Å². The van der Waals surface area contributed by atoms with Crippen LogP contribution in [-0.4, -0.2) is 79.4 Å². The number of carbonyl (C=O) groups excluding carboxylic acids is 2. The lowest BCUT2D eigenvalue weighted by Gasteiger charge is -2.37. The normalized spacial score (nSPS) is 17.2. The molecule has 0 spiro atoms. The first-order chi connectivity index (χ1) is 13.0. The standard InChI is InChI=1S/C18H24ClF3N4O2/c1-12(17(28)24(2)3)26-8-6-25(7-9-26)11-16(27)23-13-4-5-15(19)14(10-13)18(20,21)22/h4-5,10,12H,6-9,11H2,1-3H3,(H,23,27). The topological polar surface area (TPSA) is 55.9 Å². The number of nitrogens with zero attached hydrogens (tertiary/aromatic N) is 3. The van der Waals surface area contributed by atoms with Crippen molar-refractivity contribution >= 4 is 29.1 Å². The number of likely N-dealkylation sites (N-methyl/N-ethyl adjacent to an activating group) is 1. The van der Waals surface area contributed by atoms with Crippen molar-refractivity contribution in [2.75, 3.05) is 52.1 Å². The molecule has 28 heavy (non-hydrogen) atoms. The molecule has 1 unspecified atom stereocenters. The number of piperazine rings is 1. The van der Waals surface area contributed by atoms with Gasteiger partial charge in [0.1, 0.15) is 0 Å². The van der Waals surface area contributed by atoms with Gasteiger partial charge in [-0.15, -0.1) is 0 Å². The highest BCUT2D eigenvalue weighted by atomic mass is 35.5. The molecular formula is C18H24ClF3N4O2. The zero-order chi connectivity index (χ0) is 21.1. The average molecular weight is 421 g/mol. The highest BCUT2D eigenvalue weighted by Crippen LogP contribution is 2.36. The molecule has 0 bridgehead atoms. The Labute approximate surface area is 167 Å². The van der Waals surface area contributed by atoms with E-state index in [4.69, 9.17) is 11.6 Å². The highest BCUT2D eigenvalue weighted by molar-refractivity contribution is 6.31. The lowest BCUT2D eigenvalue weighted by Crippen LogP contribution is -2.54. The van der Waals surface area contributed by atoms with Crippen LogP contribution >= 0.6 is 11.6 Å². The van der Waals surface area contributed by atoms with Gasteiger partial charge in [0.25, 0.3) is 0 Å². The molecule has 6 nitrogen and oxygen atoms in total. The molecule has 1 atom stereocenters. The van der Waals surface area contributed by atoms with Crippen LogP contribution in [-0.2, 0) is 15.8 Å². The van der Waals surface area contributed by atoms with Crippen LogP contribution in [0.5, 0.6) is 0 Å². The summed E-state index contributed by atoms with van der Waals surface area (Å²) in [5, 5.41) is 2.07. The maximum Gasteiger partial charge on any atom is 0.417 e. The Hall–Kier alpha value is -1.84. The van der Waals surface area contributed by atoms with Crippen molar-refractivity contribution in [2.45, 2.75) is 19.1 Å². The third-order valence-electron chi connectivity index (χ3n) is 4.68. The Morgan fingerprint density at radius 2 is 1.82 bits per heavy atom. The van der Waals surface area contributed by atoms with Gasteiger partial charge in [-0.25, -0.2) is 0 Å². The number of benzene rings is 1. The van der Waals surface area contributed by atoms with Gasteiger partial charge in [0.2, 0.25) is 11.8 Å². The fourth-order valence-electron chi connectivity index (χ4n) is 3.06. The molecule has 1 fully saturated rings. The van der Waals surface area contributed by atoms with Gasteiger partial charge in [-0.1, -0.05) is 11.6 Å². The second kappa shape index (κ2) is 9.11. The van der Waals surface area contributed by atoms with Crippen molar-refractivity contribution in [1.82, 2.24) is 14.7 Å². The maximum absolute atomic E-state index is 12.9. The number of hydrogen-bond donors (Lipinski definition) is 1. The number of rotatable bonds is 5. The number of anilines is 1. The van der Waals surface area contributed by atoms with Gasteiger partial charge < -0.3 is 10.2 Å². The van der Waals surface area contributed by atoms with Crippen LogP contribution in [0.2, 0.25) is 5.02 Å². The molecule has 1 aliphatic heterocycles. The van der Waals surface area contributed by atoms with E-state index in [1.165, 1.54) is 6.07 Å². The molecule has 1 N–H and O–H groups in total. The third kappa shape index (κ3) is 5.83. The summed E-state index contributed by atoms with van der Waals surface area (Å²) in [7, 11) is 3.42. The highest BCUT2D eigenvalue weighted by Gasteiger charge is 2.33. The van der Waals surface area contributed by atoms with Gasteiger partial charge in [0.15, 0.2) is 0 Å². The van der Waals surface area contributed by atoms with Crippen LogP contribution in [0.15, 0.2) is 18.2 Å². The Balaban J connectivity index is 1.88. The monoisotopic (exact) mass is 420 g/mol. The molecule has 1 heterocycles. The van der Waals surface area contributed by atoms with Gasteiger partial charge in [-0.05, 0) is 25.1 Å². The van der Waals surface area contributed by atoms with Crippen molar-refractivity contribution in [1.29, 1.82) is 0 Å². The van der Waals surface area contributed by atoms with E-state index in [2.05, 4.69) is 5.32 Å².